The van der Waals surface area contributed by atoms with E-state index in [0.717, 1.165) is 12.1 Å². The number of carboxylic acid groups (broad SMARTS) is 1. The third-order valence-corrected chi connectivity index (χ3v) is 1.63. The zero-order valence-electron chi connectivity index (χ0n) is 6.84. The van der Waals surface area contributed by atoms with Crippen LogP contribution >= 0.6 is 0 Å². The molecule has 0 unspecified atom stereocenters. The molecule has 1 aromatic rings. The molecule has 1 rings (SSSR count). The second-order valence-electron chi connectivity index (χ2n) is 2.42. The van der Waals surface area contributed by atoms with E-state index in [1.807, 2.05) is 0 Å². The Balaban J connectivity index is 3.47. The van der Waals surface area contributed by atoms with Crippen LogP contribution in [0, 0.1) is 10.1 Å². The molecule has 0 fully saturated rings. The van der Waals surface area contributed by atoms with E-state index in [4.69, 9.17) is 5.11 Å². The normalized spacial score (nSPS) is 9.43. The topological polar surface area (TPSA) is 97.5 Å². The summed E-state index contributed by atoms with van der Waals surface area (Å²) in [6.45, 7) is 0. The van der Waals surface area contributed by atoms with E-state index in [-0.39, 0.29) is 11.8 Å². The van der Waals surface area contributed by atoms with E-state index in [1.165, 1.54) is 6.07 Å². The van der Waals surface area contributed by atoms with Crippen LogP contribution in [-0.2, 0) is 0 Å². The molecule has 0 aliphatic heterocycles. The fourth-order valence-corrected chi connectivity index (χ4v) is 1.02. The molecule has 1 N–H and O–H groups in total. The third-order valence-electron chi connectivity index (χ3n) is 1.63. The second kappa shape index (κ2) is 3.65. The van der Waals surface area contributed by atoms with Crippen LogP contribution in [0.3, 0.4) is 0 Å². The molecule has 0 aromatic heterocycles. The summed E-state index contributed by atoms with van der Waals surface area (Å²) < 4.78 is 0. The molecular formula is C8H5NO5. The highest BCUT2D eigenvalue weighted by molar-refractivity contribution is 5.99. The van der Waals surface area contributed by atoms with Crippen LogP contribution in [0.15, 0.2) is 18.2 Å². The maximum absolute atomic E-state index is 10.6. The molecule has 14 heavy (non-hydrogen) atoms. The Morgan fingerprint density at radius 3 is 2.57 bits per heavy atom. The van der Waals surface area contributed by atoms with Crippen molar-refractivity contribution in [3.05, 3.63) is 39.4 Å². The number of aromatic carboxylic acids is 1. The monoisotopic (exact) mass is 195 g/mol. The SMILES string of the molecule is O=Cc1c(C(=O)O)cccc1[N+](=O)[O-]. The van der Waals surface area contributed by atoms with E-state index in [2.05, 4.69) is 0 Å². The maximum Gasteiger partial charge on any atom is 0.336 e. The maximum atomic E-state index is 10.6. The van der Waals surface area contributed by atoms with E-state index in [0.29, 0.717) is 0 Å². The quantitative estimate of drug-likeness (QED) is 0.442. The van der Waals surface area contributed by atoms with Gasteiger partial charge in [0.25, 0.3) is 5.69 Å². The first-order chi connectivity index (χ1) is 6.57. The van der Waals surface area contributed by atoms with Gasteiger partial charge in [-0.15, -0.1) is 0 Å². The fourth-order valence-electron chi connectivity index (χ4n) is 1.02. The summed E-state index contributed by atoms with van der Waals surface area (Å²) in [5, 5.41) is 19.0. The van der Waals surface area contributed by atoms with Crippen molar-refractivity contribution in [1.82, 2.24) is 0 Å². The lowest BCUT2D eigenvalue weighted by atomic mass is 10.1. The van der Waals surface area contributed by atoms with E-state index in [9.17, 15) is 19.7 Å². The number of hydrogen-bond acceptors (Lipinski definition) is 4. The summed E-state index contributed by atoms with van der Waals surface area (Å²) in [4.78, 5) is 30.7. The molecule has 0 aliphatic carbocycles. The number of carbonyl (C=O) groups excluding carboxylic acids is 1. The van der Waals surface area contributed by atoms with Gasteiger partial charge < -0.3 is 5.11 Å². The molecule has 0 saturated carbocycles. The predicted molar refractivity (Wildman–Crippen MR) is 45.4 cm³/mol. The molecule has 0 aliphatic rings. The summed E-state index contributed by atoms with van der Waals surface area (Å²) in [5.74, 6) is -1.36. The minimum Gasteiger partial charge on any atom is -0.478 e. The van der Waals surface area contributed by atoms with Gasteiger partial charge in [0.2, 0.25) is 0 Å². The Labute approximate surface area is 77.9 Å². The van der Waals surface area contributed by atoms with Gasteiger partial charge in [0, 0.05) is 6.07 Å². The van der Waals surface area contributed by atoms with Crippen LogP contribution in [-0.4, -0.2) is 22.3 Å². The first-order valence-corrected chi connectivity index (χ1v) is 3.53. The van der Waals surface area contributed by atoms with Crippen molar-refractivity contribution in [3.8, 4) is 0 Å². The van der Waals surface area contributed by atoms with E-state index < -0.39 is 22.1 Å². The molecule has 0 atom stereocenters. The van der Waals surface area contributed by atoms with Crippen LogP contribution in [0.4, 0.5) is 5.69 Å². The predicted octanol–water partition coefficient (Wildman–Crippen LogP) is 1.11. The van der Waals surface area contributed by atoms with Gasteiger partial charge in [0.15, 0.2) is 6.29 Å². The first-order valence-electron chi connectivity index (χ1n) is 3.53. The Morgan fingerprint density at radius 2 is 2.14 bits per heavy atom. The molecule has 0 saturated heterocycles. The van der Waals surface area contributed by atoms with Gasteiger partial charge in [0.05, 0.1) is 10.5 Å². The van der Waals surface area contributed by atoms with Crippen molar-refractivity contribution < 1.29 is 19.6 Å². The highest BCUT2D eigenvalue weighted by Gasteiger charge is 2.20. The summed E-state index contributed by atoms with van der Waals surface area (Å²) in [7, 11) is 0. The highest BCUT2D eigenvalue weighted by atomic mass is 16.6. The molecule has 0 amide bonds. The van der Waals surface area contributed by atoms with Crippen LogP contribution in [0.2, 0.25) is 0 Å². The van der Waals surface area contributed by atoms with Gasteiger partial charge in [-0.3, -0.25) is 14.9 Å². The van der Waals surface area contributed by atoms with Gasteiger partial charge >= 0.3 is 5.97 Å². The van der Waals surface area contributed by atoms with Crippen molar-refractivity contribution in [2.75, 3.05) is 0 Å². The zero-order valence-corrected chi connectivity index (χ0v) is 6.84. The molecule has 0 bridgehead atoms. The average Bonchev–Trinajstić information content (AvgIpc) is 2.16. The van der Waals surface area contributed by atoms with Crippen molar-refractivity contribution >= 4 is 17.9 Å². The van der Waals surface area contributed by atoms with Crippen LogP contribution in [0.25, 0.3) is 0 Å². The molecule has 0 heterocycles. The lowest BCUT2D eigenvalue weighted by Crippen LogP contribution is -2.04. The Bertz CT molecular complexity index is 380. The van der Waals surface area contributed by atoms with Crippen molar-refractivity contribution in [2.24, 2.45) is 0 Å². The second-order valence-corrected chi connectivity index (χ2v) is 2.42. The molecule has 1 aromatic carbocycles. The number of nitro benzene ring substituents is 1. The van der Waals surface area contributed by atoms with Gasteiger partial charge in [-0.2, -0.15) is 0 Å². The minimum absolute atomic E-state index is 0.168. The van der Waals surface area contributed by atoms with Gasteiger partial charge in [-0.25, -0.2) is 4.79 Å². The number of hydrogen-bond donors (Lipinski definition) is 1. The zero-order chi connectivity index (χ0) is 10.7. The van der Waals surface area contributed by atoms with Crippen molar-refractivity contribution in [2.45, 2.75) is 0 Å². The summed E-state index contributed by atoms with van der Waals surface area (Å²) in [6, 6.07) is 3.43. The Morgan fingerprint density at radius 1 is 1.50 bits per heavy atom. The lowest BCUT2D eigenvalue weighted by Gasteiger charge is -1.99. The first kappa shape index (κ1) is 9.85. The number of rotatable bonds is 3. The summed E-state index contributed by atoms with van der Waals surface area (Å²) in [6.07, 6.45) is 0.168. The summed E-state index contributed by atoms with van der Waals surface area (Å²) >= 11 is 0. The molecule has 6 heteroatoms. The van der Waals surface area contributed by atoms with E-state index in [1.54, 1.807) is 0 Å². The average molecular weight is 195 g/mol. The van der Waals surface area contributed by atoms with Crippen molar-refractivity contribution in [1.29, 1.82) is 0 Å². The number of aldehydes is 1. The standard InChI is InChI=1S/C8H5NO5/c10-4-6-5(8(11)12)2-1-3-7(6)9(13)14/h1-4H,(H,11,12). The Hall–Kier alpha value is -2.24. The molecule has 0 spiro atoms. The molecule has 72 valence electrons. The largest absolute Gasteiger partial charge is 0.478 e. The lowest BCUT2D eigenvalue weighted by molar-refractivity contribution is -0.385. The number of nitrogens with zero attached hydrogens (tertiary/aromatic N) is 1. The number of nitro groups is 1. The molecule has 0 radical (unpaired) electrons. The van der Waals surface area contributed by atoms with E-state index >= 15 is 0 Å². The van der Waals surface area contributed by atoms with Gasteiger partial charge in [-0.05, 0) is 6.07 Å². The smallest absolute Gasteiger partial charge is 0.336 e. The molecular weight excluding hydrogens is 190 g/mol. The Kier molecular flexibility index (Phi) is 2.57. The summed E-state index contributed by atoms with van der Waals surface area (Å²) in [5.41, 5.74) is -1.28. The number of carbonyl (C=O) groups is 2. The fraction of sp³-hybridized carbons (Fsp3) is 0. The third kappa shape index (κ3) is 1.58. The van der Waals surface area contributed by atoms with Crippen LogP contribution in [0.5, 0.6) is 0 Å². The van der Waals surface area contributed by atoms with Crippen LogP contribution < -0.4 is 0 Å². The van der Waals surface area contributed by atoms with Gasteiger partial charge in [-0.1, -0.05) is 6.07 Å². The van der Waals surface area contributed by atoms with Crippen molar-refractivity contribution in [3.63, 3.8) is 0 Å². The van der Waals surface area contributed by atoms with Crippen LogP contribution in [0.1, 0.15) is 20.7 Å². The van der Waals surface area contributed by atoms with Gasteiger partial charge in [0.1, 0.15) is 5.56 Å². The highest BCUT2D eigenvalue weighted by Crippen LogP contribution is 2.20. The number of benzene rings is 1. The number of carboxylic acids is 1. The molecule has 6 nitrogen and oxygen atoms in total. The minimum atomic E-state index is -1.36.